The molecular formula is C22H35NO. The normalized spacial score (nSPS) is 56.7. The van der Waals surface area contributed by atoms with Gasteiger partial charge in [0.15, 0.2) is 0 Å². The Hall–Kier alpha value is -0.550. The highest BCUT2D eigenvalue weighted by molar-refractivity contribution is 5.15. The van der Waals surface area contributed by atoms with Crippen molar-refractivity contribution in [2.45, 2.75) is 78.2 Å². The van der Waals surface area contributed by atoms with Crippen LogP contribution in [0.5, 0.6) is 0 Å². The molecule has 2 heteroatoms. The van der Waals surface area contributed by atoms with Crippen molar-refractivity contribution >= 4 is 0 Å². The summed E-state index contributed by atoms with van der Waals surface area (Å²) in [5.41, 5.74) is 0.660. The summed E-state index contributed by atoms with van der Waals surface area (Å²) >= 11 is 0. The Labute approximate surface area is 148 Å². The van der Waals surface area contributed by atoms with Gasteiger partial charge in [-0.25, -0.2) is 0 Å². The quantitative estimate of drug-likeness (QED) is 0.642. The maximum atomic E-state index is 9.71. The number of nitriles is 1. The fourth-order valence-corrected chi connectivity index (χ4v) is 8.19. The zero-order valence-electron chi connectivity index (χ0n) is 16.1. The highest BCUT2D eigenvalue weighted by Gasteiger charge is 2.63. The van der Waals surface area contributed by atoms with E-state index in [4.69, 9.17) is 4.74 Å². The Morgan fingerprint density at radius 1 is 0.958 bits per heavy atom. The lowest BCUT2D eigenvalue weighted by molar-refractivity contribution is -0.180. The zero-order valence-corrected chi connectivity index (χ0v) is 16.1. The molecule has 9 unspecified atom stereocenters. The first-order chi connectivity index (χ1) is 11.4. The van der Waals surface area contributed by atoms with Crippen LogP contribution in [0.1, 0.15) is 72.1 Å². The van der Waals surface area contributed by atoms with E-state index in [9.17, 15) is 5.26 Å². The van der Waals surface area contributed by atoms with E-state index in [2.05, 4.69) is 26.8 Å². The molecule has 0 radical (unpaired) electrons. The molecule has 4 rings (SSSR count). The van der Waals surface area contributed by atoms with Gasteiger partial charge in [0, 0.05) is 7.11 Å². The standard InChI is InChI=1S/C22H35NO/c1-14-5-6-15-7-9-17-18-10-8-16(13-23)21(18,2)12-19(24-4)20(17)22(15,3)11-14/h14-20H,5-12H2,1-4H3. The molecule has 134 valence electrons. The van der Waals surface area contributed by atoms with Crippen molar-refractivity contribution < 1.29 is 4.74 Å². The van der Waals surface area contributed by atoms with Crippen LogP contribution < -0.4 is 0 Å². The Balaban J connectivity index is 1.72. The second kappa shape index (κ2) is 5.73. The Morgan fingerprint density at radius 2 is 1.71 bits per heavy atom. The summed E-state index contributed by atoms with van der Waals surface area (Å²) in [5, 5.41) is 9.71. The van der Waals surface area contributed by atoms with Gasteiger partial charge in [-0.3, -0.25) is 0 Å². The lowest BCUT2D eigenvalue weighted by atomic mass is 9.43. The van der Waals surface area contributed by atoms with Crippen LogP contribution in [0.4, 0.5) is 0 Å². The van der Waals surface area contributed by atoms with Crippen molar-refractivity contribution in [3.8, 4) is 6.07 Å². The highest BCUT2D eigenvalue weighted by Crippen LogP contribution is 2.68. The van der Waals surface area contributed by atoms with Gasteiger partial charge >= 0.3 is 0 Å². The van der Waals surface area contributed by atoms with E-state index >= 15 is 0 Å². The molecule has 0 saturated heterocycles. The number of fused-ring (bicyclic) bond motifs is 5. The average molecular weight is 330 g/mol. The molecule has 24 heavy (non-hydrogen) atoms. The predicted octanol–water partition coefficient (Wildman–Crippen LogP) is 5.43. The minimum atomic E-state index is 0.195. The topological polar surface area (TPSA) is 33.0 Å². The smallest absolute Gasteiger partial charge is 0.0661 e. The van der Waals surface area contributed by atoms with Crippen LogP contribution in [0.15, 0.2) is 0 Å². The maximum absolute atomic E-state index is 9.71. The van der Waals surface area contributed by atoms with Crippen molar-refractivity contribution in [1.82, 2.24) is 0 Å². The minimum absolute atomic E-state index is 0.195. The molecule has 0 heterocycles. The summed E-state index contributed by atoms with van der Waals surface area (Å²) < 4.78 is 6.17. The van der Waals surface area contributed by atoms with E-state index in [0.29, 0.717) is 11.5 Å². The van der Waals surface area contributed by atoms with E-state index in [0.717, 1.165) is 42.4 Å². The van der Waals surface area contributed by atoms with Crippen molar-refractivity contribution in [3.05, 3.63) is 0 Å². The van der Waals surface area contributed by atoms with Crippen molar-refractivity contribution in [2.24, 2.45) is 46.3 Å². The molecular weight excluding hydrogens is 294 g/mol. The van der Waals surface area contributed by atoms with Crippen LogP contribution in [-0.4, -0.2) is 13.2 Å². The first-order valence-electron chi connectivity index (χ1n) is 10.4. The number of hydrogen-bond acceptors (Lipinski definition) is 2. The van der Waals surface area contributed by atoms with E-state index in [1.54, 1.807) is 0 Å². The predicted molar refractivity (Wildman–Crippen MR) is 96.2 cm³/mol. The van der Waals surface area contributed by atoms with Gasteiger partial charge < -0.3 is 4.74 Å². The molecule has 9 atom stereocenters. The first-order valence-corrected chi connectivity index (χ1v) is 10.4. The molecule has 4 aliphatic rings. The SMILES string of the molecule is COC1CC2(C)C(C#N)CCC2C2CCC3CCC(C)CC3(C)C12. The summed E-state index contributed by atoms with van der Waals surface area (Å²) in [5.74, 6) is 4.29. The van der Waals surface area contributed by atoms with Crippen LogP contribution in [-0.2, 0) is 4.74 Å². The maximum Gasteiger partial charge on any atom is 0.0661 e. The van der Waals surface area contributed by atoms with Gasteiger partial charge in [-0.05, 0) is 85.4 Å². The van der Waals surface area contributed by atoms with E-state index in [1.807, 2.05) is 7.11 Å². The fourth-order valence-electron chi connectivity index (χ4n) is 8.19. The number of rotatable bonds is 1. The largest absolute Gasteiger partial charge is 0.381 e. The number of hydrogen-bond donors (Lipinski definition) is 0. The second-order valence-corrected chi connectivity index (χ2v) is 10.2. The summed E-state index contributed by atoms with van der Waals surface area (Å²) in [6.07, 6.45) is 10.9. The number of nitrogens with zero attached hydrogens (tertiary/aromatic N) is 1. The van der Waals surface area contributed by atoms with Gasteiger partial charge in [-0.15, -0.1) is 0 Å². The minimum Gasteiger partial charge on any atom is -0.381 e. The molecule has 0 aromatic heterocycles. The third-order valence-electron chi connectivity index (χ3n) is 9.23. The van der Waals surface area contributed by atoms with Crippen LogP contribution in [0, 0.1) is 57.7 Å². The molecule has 0 bridgehead atoms. The lowest BCUT2D eigenvalue weighted by Crippen LogP contribution is -2.59. The first kappa shape index (κ1) is 16.9. The molecule has 0 aliphatic heterocycles. The summed E-state index contributed by atoms with van der Waals surface area (Å²) in [7, 11) is 1.93. The Morgan fingerprint density at radius 3 is 2.42 bits per heavy atom. The fraction of sp³-hybridized carbons (Fsp3) is 0.955. The Kier molecular flexibility index (Phi) is 4.03. The number of methoxy groups -OCH3 is 1. The van der Waals surface area contributed by atoms with Crippen molar-refractivity contribution in [1.29, 1.82) is 5.26 Å². The monoisotopic (exact) mass is 329 g/mol. The van der Waals surface area contributed by atoms with E-state index in [-0.39, 0.29) is 11.3 Å². The average Bonchev–Trinajstić information content (AvgIpc) is 2.89. The van der Waals surface area contributed by atoms with Gasteiger partial charge in [0.2, 0.25) is 0 Å². The molecule has 0 aromatic carbocycles. The molecule has 4 aliphatic carbocycles. The molecule has 0 amide bonds. The molecule has 4 fully saturated rings. The molecule has 2 nitrogen and oxygen atoms in total. The lowest BCUT2D eigenvalue weighted by Gasteiger charge is -2.63. The molecule has 0 spiro atoms. The van der Waals surface area contributed by atoms with Gasteiger partial charge in [-0.1, -0.05) is 27.2 Å². The van der Waals surface area contributed by atoms with Gasteiger partial charge in [0.1, 0.15) is 0 Å². The van der Waals surface area contributed by atoms with Gasteiger partial charge in [0.05, 0.1) is 18.1 Å². The van der Waals surface area contributed by atoms with Gasteiger partial charge in [-0.2, -0.15) is 5.26 Å². The van der Waals surface area contributed by atoms with Crippen LogP contribution in [0.3, 0.4) is 0 Å². The van der Waals surface area contributed by atoms with E-state index in [1.165, 1.54) is 38.5 Å². The third kappa shape index (κ3) is 2.16. The highest BCUT2D eigenvalue weighted by atomic mass is 16.5. The zero-order chi connectivity index (χ0) is 17.1. The third-order valence-corrected chi connectivity index (χ3v) is 9.23. The van der Waals surface area contributed by atoms with Crippen LogP contribution in [0.25, 0.3) is 0 Å². The van der Waals surface area contributed by atoms with Crippen LogP contribution in [0.2, 0.25) is 0 Å². The van der Waals surface area contributed by atoms with Crippen LogP contribution >= 0.6 is 0 Å². The summed E-state index contributed by atoms with van der Waals surface area (Å²) in [6.45, 7) is 7.48. The summed E-state index contributed by atoms with van der Waals surface area (Å²) in [4.78, 5) is 0. The van der Waals surface area contributed by atoms with Crippen molar-refractivity contribution in [3.63, 3.8) is 0 Å². The summed E-state index contributed by atoms with van der Waals surface area (Å²) in [6, 6.07) is 2.66. The molecule has 0 aromatic rings. The Bertz CT molecular complexity index is 539. The van der Waals surface area contributed by atoms with Gasteiger partial charge in [0.25, 0.3) is 0 Å². The molecule has 0 N–H and O–H groups in total. The number of ether oxygens (including phenoxy) is 1. The van der Waals surface area contributed by atoms with Crippen molar-refractivity contribution in [2.75, 3.05) is 7.11 Å². The molecule has 4 saturated carbocycles. The second-order valence-electron chi connectivity index (χ2n) is 10.2. The van der Waals surface area contributed by atoms with E-state index < -0.39 is 0 Å².